The van der Waals surface area contributed by atoms with E-state index >= 15 is 0 Å². The lowest BCUT2D eigenvalue weighted by Gasteiger charge is -2.09. The maximum absolute atomic E-state index is 6.33. The largest absolute Gasteiger partial charge is 0.455 e. The molecule has 3 heteroatoms. The van der Waals surface area contributed by atoms with Gasteiger partial charge in [0.15, 0.2) is 5.58 Å². The number of aryl methyl sites for hydroxylation is 2. The summed E-state index contributed by atoms with van der Waals surface area (Å²) >= 11 is 0. The number of nitrogens with zero attached hydrogens (tertiary/aromatic N) is 2. The summed E-state index contributed by atoms with van der Waals surface area (Å²) in [6, 6.07) is 18.7. The van der Waals surface area contributed by atoms with Crippen molar-refractivity contribution >= 4 is 32.7 Å². The van der Waals surface area contributed by atoms with Crippen LogP contribution < -0.4 is 4.57 Å². The van der Waals surface area contributed by atoms with Crippen molar-refractivity contribution < 1.29 is 8.98 Å². The van der Waals surface area contributed by atoms with Crippen LogP contribution in [0.2, 0.25) is 0 Å². The minimum atomic E-state index is 0.909. The lowest BCUT2D eigenvalue weighted by Crippen LogP contribution is -2.31. The van der Waals surface area contributed by atoms with Crippen molar-refractivity contribution in [2.75, 3.05) is 0 Å². The van der Waals surface area contributed by atoms with E-state index in [1.165, 1.54) is 16.3 Å². The van der Waals surface area contributed by atoms with Crippen molar-refractivity contribution in [2.45, 2.75) is 6.92 Å². The van der Waals surface area contributed by atoms with Crippen LogP contribution in [-0.4, -0.2) is 4.98 Å². The molecule has 0 unspecified atom stereocenters. The van der Waals surface area contributed by atoms with Crippen molar-refractivity contribution in [3.63, 3.8) is 0 Å². The molecule has 0 bridgehead atoms. The first-order chi connectivity index (χ1) is 12.3. The molecule has 0 atom stereocenters. The lowest BCUT2D eigenvalue weighted by atomic mass is 9.94. The molecule has 3 nitrogen and oxygen atoms in total. The van der Waals surface area contributed by atoms with E-state index in [1.807, 2.05) is 42.2 Å². The molecule has 0 saturated carbocycles. The highest BCUT2D eigenvalue weighted by atomic mass is 16.3. The van der Waals surface area contributed by atoms with Crippen LogP contribution in [-0.2, 0) is 7.05 Å². The van der Waals surface area contributed by atoms with Crippen molar-refractivity contribution in [3.05, 3.63) is 72.6 Å². The molecule has 0 N–H and O–H groups in total. The molecule has 0 aliphatic carbocycles. The van der Waals surface area contributed by atoms with Crippen LogP contribution in [0.5, 0.6) is 0 Å². The summed E-state index contributed by atoms with van der Waals surface area (Å²) in [6.45, 7) is 2.15. The van der Waals surface area contributed by atoms with E-state index in [2.05, 4.69) is 48.3 Å². The maximum atomic E-state index is 6.33. The van der Waals surface area contributed by atoms with Gasteiger partial charge in [0, 0.05) is 16.8 Å². The molecule has 0 aliphatic rings. The molecule has 0 radical (unpaired) electrons. The minimum absolute atomic E-state index is 0.909. The van der Waals surface area contributed by atoms with Gasteiger partial charge >= 0.3 is 5.82 Å². The first kappa shape index (κ1) is 14.2. The summed E-state index contributed by atoms with van der Waals surface area (Å²) in [6.07, 6.45) is 3.85. The topological polar surface area (TPSA) is 29.9 Å². The van der Waals surface area contributed by atoms with Crippen LogP contribution in [0.3, 0.4) is 0 Å². The number of fused-ring (bicyclic) bond motifs is 5. The van der Waals surface area contributed by atoms with E-state index < -0.39 is 0 Å². The van der Waals surface area contributed by atoms with E-state index in [0.717, 1.165) is 33.3 Å². The second-order valence-electron chi connectivity index (χ2n) is 6.40. The summed E-state index contributed by atoms with van der Waals surface area (Å²) in [5.41, 5.74) is 4.07. The Hall–Kier alpha value is -3.20. The smallest absolute Gasteiger partial charge is 0.334 e. The number of benzene rings is 3. The second-order valence-corrected chi connectivity index (χ2v) is 6.40. The zero-order valence-corrected chi connectivity index (χ0v) is 14.2. The first-order valence-corrected chi connectivity index (χ1v) is 8.39. The number of hydrogen-bond acceptors (Lipinski definition) is 2. The molecule has 2 aromatic heterocycles. The molecule has 5 aromatic rings. The van der Waals surface area contributed by atoms with Gasteiger partial charge in [0.25, 0.3) is 0 Å². The van der Waals surface area contributed by atoms with Crippen LogP contribution >= 0.6 is 0 Å². The predicted molar refractivity (Wildman–Crippen MR) is 100 cm³/mol. The standard InChI is InChI=1S/C22H17N2O/c1-14-15-8-3-4-9-16(15)20-17-10-5-6-11-18(17)25-21(20)19(14)22-23-12-7-13-24(22)2/h3-13H,1-2H3/q+1. The van der Waals surface area contributed by atoms with E-state index in [-0.39, 0.29) is 0 Å². The molecule has 25 heavy (non-hydrogen) atoms. The summed E-state index contributed by atoms with van der Waals surface area (Å²) in [5.74, 6) is 0.912. The van der Waals surface area contributed by atoms with Crippen LogP contribution in [0, 0.1) is 6.92 Å². The van der Waals surface area contributed by atoms with Gasteiger partial charge in [0.2, 0.25) is 0 Å². The Morgan fingerprint density at radius 3 is 2.40 bits per heavy atom. The average Bonchev–Trinajstić information content (AvgIpc) is 3.02. The number of hydrogen-bond donors (Lipinski definition) is 0. The summed E-state index contributed by atoms with van der Waals surface area (Å²) < 4.78 is 8.37. The SMILES string of the molecule is Cc1c(-c2nccc[n+]2C)c2oc3ccccc3c2c2ccccc12. The average molecular weight is 325 g/mol. The van der Waals surface area contributed by atoms with Gasteiger partial charge < -0.3 is 4.42 Å². The summed E-state index contributed by atoms with van der Waals surface area (Å²) in [4.78, 5) is 4.64. The van der Waals surface area contributed by atoms with E-state index in [0.29, 0.717) is 0 Å². The van der Waals surface area contributed by atoms with E-state index in [9.17, 15) is 0 Å². The fraction of sp³-hybridized carbons (Fsp3) is 0.0909. The van der Waals surface area contributed by atoms with Crippen LogP contribution in [0.25, 0.3) is 44.1 Å². The zero-order valence-electron chi connectivity index (χ0n) is 14.2. The van der Waals surface area contributed by atoms with Gasteiger partial charge in [-0.3, -0.25) is 0 Å². The van der Waals surface area contributed by atoms with Crippen LogP contribution in [0.1, 0.15) is 5.56 Å². The minimum Gasteiger partial charge on any atom is -0.455 e. The number of rotatable bonds is 1. The highest BCUT2D eigenvalue weighted by Crippen LogP contribution is 2.41. The van der Waals surface area contributed by atoms with Crippen LogP contribution in [0.4, 0.5) is 0 Å². The Labute approximate surface area is 145 Å². The summed E-state index contributed by atoms with van der Waals surface area (Å²) in [7, 11) is 2.02. The molecular weight excluding hydrogens is 308 g/mol. The van der Waals surface area contributed by atoms with Gasteiger partial charge in [0.1, 0.15) is 17.3 Å². The molecule has 0 amide bonds. The number of para-hydroxylation sites is 1. The molecule has 0 spiro atoms. The van der Waals surface area contributed by atoms with Crippen molar-refractivity contribution in [3.8, 4) is 11.4 Å². The van der Waals surface area contributed by atoms with E-state index in [4.69, 9.17) is 4.42 Å². The number of aromatic nitrogens is 2. The summed E-state index contributed by atoms with van der Waals surface area (Å²) in [5, 5.41) is 4.77. The molecule has 0 aliphatic heterocycles. The number of furan rings is 1. The molecular formula is C22H17N2O+. The third kappa shape index (κ3) is 1.92. The monoisotopic (exact) mass is 325 g/mol. The van der Waals surface area contributed by atoms with Gasteiger partial charge in [-0.2, -0.15) is 0 Å². The van der Waals surface area contributed by atoms with Crippen molar-refractivity contribution in [1.82, 2.24) is 4.98 Å². The fourth-order valence-corrected chi connectivity index (χ4v) is 3.78. The van der Waals surface area contributed by atoms with Crippen LogP contribution in [0.15, 0.2) is 71.4 Å². The Morgan fingerprint density at radius 1 is 0.880 bits per heavy atom. The Balaban J connectivity index is 2.10. The Bertz CT molecular complexity index is 1270. The van der Waals surface area contributed by atoms with Crippen molar-refractivity contribution in [2.24, 2.45) is 7.05 Å². The predicted octanol–water partition coefficient (Wildman–Crippen LogP) is 4.93. The fourth-order valence-electron chi connectivity index (χ4n) is 3.78. The maximum Gasteiger partial charge on any atom is 0.334 e. The van der Waals surface area contributed by atoms with Gasteiger partial charge in [0.05, 0.1) is 13.2 Å². The van der Waals surface area contributed by atoms with E-state index in [1.54, 1.807) is 0 Å². The highest BCUT2D eigenvalue weighted by molar-refractivity contribution is 6.23. The molecule has 0 saturated heterocycles. The van der Waals surface area contributed by atoms with Gasteiger partial charge in [-0.25, -0.2) is 4.57 Å². The van der Waals surface area contributed by atoms with Gasteiger partial charge in [-0.05, 0) is 34.3 Å². The quantitative estimate of drug-likeness (QED) is 0.409. The highest BCUT2D eigenvalue weighted by Gasteiger charge is 2.24. The molecule has 120 valence electrons. The molecule has 5 rings (SSSR count). The second kappa shape index (κ2) is 5.15. The normalized spacial score (nSPS) is 11.6. The lowest BCUT2D eigenvalue weighted by molar-refractivity contribution is -0.663. The molecule has 2 heterocycles. The third-order valence-corrected chi connectivity index (χ3v) is 4.95. The van der Waals surface area contributed by atoms with Gasteiger partial charge in [-0.15, -0.1) is 0 Å². The van der Waals surface area contributed by atoms with Crippen molar-refractivity contribution in [1.29, 1.82) is 0 Å². The third-order valence-electron chi connectivity index (χ3n) is 4.95. The Morgan fingerprint density at radius 2 is 1.60 bits per heavy atom. The van der Waals surface area contributed by atoms with Gasteiger partial charge in [-0.1, -0.05) is 42.5 Å². The molecule has 0 fully saturated rings. The Kier molecular flexibility index (Phi) is 2.92. The first-order valence-electron chi connectivity index (χ1n) is 8.39. The molecule has 3 aromatic carbocycles. The zero-order chi connectivity index (χ0) is 17.0.